The van der Waals surface area contributed by atoms with Crippen molar-refractivity contribution < 1.29 is 14.8 Å². The van der Waals surface area contributed by atoms with Crippen molar-refractivity contribution >= 4 is 11.6 Å². The Bertz CT molecular complexity index is 457. The molecule has 0 aliphatic rings. The lowest BCUT2D eigenvalue weighted by Crippen LogP contribution is -2.39. The van der Waals surface area contributed by atoms with Crippen LogP contribution < -0.4 is 5.32 Å². The van der Waals surface area contributed by atoms with Gasteiger partial charge in [-0.2, -0.15) is 0 Å². The number of nitrogens with one attached hydrogen (secondary N) is 1. The van der Waals surface area contributed by atoms with Crippen molar-refractivity contribution in [2.24, 2.45) is 5.92 Å². The van der Waals surface area contributed by atoms with E-state index in [1.165, 1.54) is 12.1 Å². The largest absolute Gasteiger partial charge is 0.394 e. The summed E-state index contributed by atoms with van der Waals surface area (Å²) in [6.45, 7) is 3.94. The molecule has 1 aromatic rings. The first-order valence-corrected chi connectivity index (χ1v) is 6.56. The molecule has 110 valence electrons. The van der Waals surface area contributed by atoms with E-state index < -0.39 is 4.92 Å². The number of aliphatic hydroxyl groups excluding tert-OH is 1. The second-order valence-electron chi connectivity index (χ2n) is 5.18. The molecule has 6 heteroatoms. The van der Waals surface area contributed by atoms with E-state index in [2.05, 4.69) is 5.32 Å². The van der Waals surface area contributed by atoms with Crippen molar-refractivity contribution in [3.05, 3.63) is 39.9 Å². The maximum absolute atomic E-state index is 11.8. The number of amides is 1. The first kappa shape index (κ1) is 16.1. The SMILES string of the molecule is CC(C)CC(CO)NC(=O)Cc1ccc([N+](=O)[O-])cc1. The van der Waals surface area contributed by atoms with Crippen LogP contribution in [0.2, 0.25) is 0 Å². The molecule has 1 aromatic carbocycles. The van der Waals surface area contributed by atoms with Crippen molar-refractivity contribution in [1.82, 2.24) is 5.32 Å². The number of carbonyl (C=O) groups is 1. The summed E-state index contributed by atoms with van der Waals surface area (Å²) >= 11 is 0. The lowest BCUT2D eigenvalue weighted by molar-refractivity contribution is -0.384. The summed E-state index contributed by atoms with van der Waals surface area (Å²) in [5.74, 6) is 0.186. The first-order chi connectivity index (χ1) is 9.42. The van der Waals surface area contributed by atoms with Gasteiger partial charge in [0.25, 0.3) is 5.69 Å². The van der Waals surface area contributed by atoms with E-state index in [0.29, 0.717) is 17.9 Å². The molecule has 1 amide bonds. The second-order valence-corrected chi connectivity index (χ2v) is 5.18. The Kier molecular flexibility index (Phi) is 6.11. The van der Waals surface area contributed by atoms with E-state index in [1.807, 2.05) is 13.8 Å². The maximum Gasteiger partial charge on any atom is 0.269 e. The zero-order chi connectivity index (χ0) is 15.1. The highest BCUT2D eigenvalue weighted by Crippen LogP contribution is 2.12. The fraction of sp³-hybridized carbons (Fsp3) is 0.500. The Balaban J connectivity index is 2.55. The molecule has 0 aliphatic carbocycles. The summed E-state index contributed by atoms with van der Waals surface area (Å²) in [6.07, 6.45) is 0.856. The van der Waals surface area contributed by atoms with Gasteiger partial charge >= 0.3 is 0 Å². The number of benzene rings is 1. The van der Waals surface area contributed by atoms with Gasteiger partial charge in [-0.25, -0.2) is 0 Å². The van der Waals surface area contributed by atoms with Gasteiger partial charge in [0.05, 0.1) is 24.0 Å². The quantitative estimate of drug-likeness (QED) is 0.587. The lowest BCUT2D eigenvalue weighted by Gasteiger charge is -2.18. The summed E-state index contributed by atoms with van der Waals surface area (Å²) < 4.78 is 0. The Morgan fingerprint density at radius 1 is 1.35 bits per heavy atom. The number of non-ortho nitro benzene ring substituents is 1. The van der Waals surface area contributed by atoms with E-state index in [0.717, 1.165) is 0 Å². The van der Waals surface area contributed by atoms with Crippen LogP contribution in [-0.4, -0.2) is 28.6 Å². The minimum Gasteiger partial charge on any atom is -0.394 e. The minimum atomic E-state index is -0.478. The fourth-order valence-electron chi connectivity index (χ4n) is 1.95. The highest BCUT2D eigenvalue weighted by molar-refractivity contribution is 5.78. The van der Waals surface area contributed by atoms with Crippen LogP contribution in [0.15, 0.2) is 24.3 Å². The molecular formula is C14H20N2O4. The standard InChI is InChI=1S/C14H20N2O4/c1-10(2)7-12(9-17)15-14(18)8-11-3-5-13(6-4-11)16(19)20/h3-6,10,12,17H,7-9H2,1-2H3,(H,15,18). The van der Waals surface area contributed by atoms with Crippen LogP contribution in [0.25, 0.3) is 0 Å². The van der Waals surface area contributed by atoms with Gasteiger partial charge in [0.15, 0.2) is 0 Å². The highest BCUT2D eigenvalue weighted by atomic mass is 16.6. The molecule has 0 bridgehead atoms. The van der Waals surface area contributed by atoms with Crippen LogP contribution in [0.3, 0.4) is 0 Å². The van der Waals surface area contributed by atoms with Gasteiger partial charge in [-0.1, -0.05) is 26.0 Å². The molecule has 0 aromatic heterocycles. The molecular weight excluding hydrogens is 260 g/mol. The molecule has 0 spiro atoms. The summed E-state index contributed by atoms with van der Waals surface area (Å²) in [5, 5.41) is 22.5. The third-order valence-corrected chi connectivity index (χ3v) is 2.85. The molecule has 2 N–H and O–H groups in total. The van der Waals surface area contributed by atoms with Gasteiger partial charge in [0, 0.05) is 12.1 Å². The van der Waals surface area contributed by atoms with Crippen molar-refractivity contribution in [1.29, 1.82) is 0 Å². The summed E-state index contributed by atoms with van der Waals surface area (Å²) in [7, 11) is 0. The Morgan fingerprint density at radius 3 is 2.40 bits per heavy atom. The van der Waals surface area contributed by atoms with Crippen LogP contribution in [0, 0.1) is 16.0 Å². The normalized spacial score (nSPS) is 12.2. The lowest BCUT2D eigenvalue weighted by atomic mass is 10.0. The molecule has 1 atom stereocenters. The van der Waals surface area contributed by atoms with E-state index >= 15 is 0 Å². The summed E-state index contributed by atoms with van der Waals surface area (Å²) in [4.78, 5) is 21.9. The van der Waals surface area contributed by atoms with Crippen LogP contribution in [0.5, 0.6) is 0 Å². The van der Waals surface area contributed by atoms with Crippen molar-refractivity contribution in [3.63, 3.8) is 0 Å². The van der Waals surface area contributed by atoms with Crippen LogP contribution in [-0.2, 0) is 11.2 Å². The van der Waals surface area contributed by atoms with Crippen LogP contribution in [0.1, 0.15) is 25.8 Å². The van der Waals surface area contributed by atoms with Gasteiger partial charge < -0.3 is 10.4 Å². The average molecular weight is 280 g/mol. The van der Waals surface area contributed by atoms with E-state index in [4.69, 9.17) is 0 Å². The summed E-state index contributed by atoms with van der Waals surface area (Å²) in [6, 6.07) is 5.63. The second kappa shape index (κ2) is 7.59. The zero-order valence-electron chi connectivity index (χ0n) is 11.7. The Labute approximate surface area is 118 Å². The zero-order valence-corrected chi connectivity index (χ0v) is 11.7. The number of hydrogen-bond donors (Lipinski definition) is 2. The Hall–Kier alpha value is -1.95. The molecule has 1 unspecified atom stereocenters. The predicted molar refractivity (Wildman–Crippen MR) is 75.3 cm³/mol. The van der Waals surface area contributed by atoms with Crippen LogP contribution in [0.4, 0.5) is 5.69 Å². The van der Waals surface area contributed by atoms with Gasteiger partial charge in [0.1, 0.15) is 0 Å². The van der Waals surface area contributed by atoms with Gasteiger partial charge in [0.2, 0.25) is 5.91 Å². The number of nitro benzene ring substituents is 1. The molecule has 0 heterocycles. The molecule has 0 aliphatic heterocycles. The van der Waals surface area contributed by atoms with E-state index in [1.54, 1.807) is 12.1 Å². The highest BCUT2D eigenvalue weighted by Gasteiger charge is 2.13. The number of carbonyl (C=O) groups excluding carboxylic acids is 1. The number of nitro groups is 1. The molecule has 20 heavy (non-hydrogen) atoms. The summed E-state index contributed by atoms with van der Waals surface area (Å²) in [5.41, 5.74) is 0.705. The van der Waals surface area contributed by atoms with Gasteiger partial charge in [-0.3, -0.25) is 14.9 Å². The van der Waals surface area contributed by atoms with E-state index in [-0.39, 0.29) is 30.7 Å². The van der Waals surface area contributed by atoms with Crippen LogP contribution >= 0.6 is 0 Å². The minimum absolute atomic E-state index is 0.00204. The molecule has 0 radical (unpaired) electrons. The monoisotopic (exact) mass is 280 g/mol. The predicted octanol–water partition coefficient (Wildman–Crippen LogP) is 1.66. The molecule has 0 fully saturated rings. The number of aliphatic hydroxyl groups is 1. The third kappa shape index (κ3) is 5.36. The smallest absolute Gasteiger partial charge is 0.269 e. The first-order valence-electron chi connectivity index (χ1n) is 6.56. The molecule has 0 saturated carbocycles. The topological polar surface area (TPSA) is 92.5 Å². The third-order valence-electron chi connectivity index (χ3n) is 2.85. The molecule has 1 rings (SSSR count). The van der Waals surface area contributed by atoms with Gasteiger partial charge in [-0.15, -0.1) is 0 Å². The molecule has 6 nitrogen and oxygen atoms in total. The number of rotatable bonds is 7. The molecule has 0 saturated heterocycles. The maximum atomic E-state index is 11.8. The number of nitrogens with zero attached hydrogens (tertiary/aromatic N) is 1. The van der Waals surface area contributed by atoms with E-state index in [9.17, 15) is 20.0 Å². The van der Waals surface area contributed by atoms with Crippen molar-refractivity contribution in [2.75, 3.05) is 6.61 Å². The van der Waals surface area contributed by atoms with Crippen molar-refractivity contribution in [3.8, 4) is 0 Å². The van der Waals surface area contributed by atoms with Crippen molar-refractivity contribution in [2.45, 2.75) is 32.7 Å². The number of hydrogen-bond acceptors (Lipinski definition) is 4. The van der Waals surface area contributed by atoms with Gasteiger partial charge in [-0.05, 0) is 17.9 Å². The fourth-order valence-corrected chi connectivity index (χ4v) is 1.95. The average Bonchev–Trinajstić information content (AvgIpc) is 2.37. The Morgan fingerprint density at radius 2 is 1.95 bits per heavy atom.